The number of carbonyl (C=O) groups is 1. The second-order valence-corrected chi connectivity index (χ2v) is 4.21. The number of nitrogen functional groups attached to an aromatic ring is 1. The Balaban J connectivity index is 2.13. The predicted octanol–water partition coefficient (Wildman–Crippen LogP) is 0.618. The van der Waals surface area contributed by atoms with Crippen LogP contribution in [0, 0.1) is 0 Å². The first-order valence-electron chi connectivity index (χ1n) is 6.07. The molecule has 1 aromatic rings. The van der Waals surface area contributed by atoms with Crippen LogP contribution < -0.4 is 11.3 Å². The molecular weight excluding hydrogens is 232 g/mol. The molecule has 1 fully saturated rings. The van der Waals surface area contributed by atoms with E-state index in [0.717, 1.165) is 6.42 Å². The Hall–Kier alpha value is -1.66. The fraction of sp³-hybridized carbons (Fsp3) is 0.500. The molecule has 1 aromatic heterocycles. The summed E-state index contributed by atoms with van der Waals surface area (Å²) in [4.78, 5) is 18.3. The number of anilines is 1. The van der Waals surface area contributed by atoms with Crippen LogP contribution in [0.4, 0.5) is 5.69 Å². The van der Waals surface area contributed by atoms with Gasteiger partial charge in [0.1, 0.15) is 5.69 Å². The molecule has 0 saturated carbocycles. The number of ether oxygens (including phenoxy) is 1. The van der Waals surface area contributed by atoms with Crippen molar-refractivity contribution in [3.63, 3.8) is 0 Å². The minimum atomic E-state index is -0.0475. The van der Waals surface area contributed by atoms with Gasteiger partial charge in [-0.25, -0.2) is 4.98 Å². The summed E-state index contributed by atoms with van der Waals surface area (Å²) in [5.74, 6) is 5.21. The summed E-state index contributed by atoms with van der Waals surface area (Å²) in [6.45, 7) is 3.86. The lowest BCUT2D eigenvalue weighted by Gasteiger charge is -2.34. The Morgan fingerprint density at radius 3 is 3.11 bits per heavy atom. The lowest BCUT2D eigenvalue weighted by Crippen LogP contribution is -2.48. The fourth-order valence-electron chi connectivity index (χ4n) is 2.01. The Bertz CT molecular complexity index is 407. The molecule has 6 heteroatoms. The van der Waals surface area contributed by atoms with E-state index in [0.29, 0.717) is 31.1 Å². The van der Waals surface area contributed by atoms with Crippen molar-refractivity contribution >= 4 is 11.6 Å². The molecule has 1 aliphatic rings. The summed E-state index contributed by atoms with van der Waals surface area (Å²) >= 11 is 0. The first-order chi connectivity index (χ1) is 8.76. The number of pyridine rings is 1. The van der Waals surface area contributed by atoms with E-state index in [1.807, 2.05) is 4.90 Å². The zero-order valence-electron chi connectivity index (χ0n) is 10.4. The van der Waals surface area contributed by atoms with E-state index < -0.39 is 0 Å². The molecule has 3 N–H and O–H groups in total. The van der Waals surface area contributed by atoms with E-state index in [9.17, 15) is 4.79 Å². The van der Waals surface area contributed by atoms with Gasteiger partial charge in [-0.15, -0.1) is 0 Å². The third kappa shape index (κ3) is 2.60. The zero-order chi connectivity index (χ0) is 13.0. The number of morpholine rings is 1. The van der Waals surface area contributed by atoms with Crippen molar-refractivity contribution in [3.8, 4) is 0 Å². The molecule has 0 radical (unpaired) electrons. The van der Waals surface area contributed by atoms with Crippen molar-refractivity contribution < 1.29 is 9.53 Å². The number of nitrogens with zero attached hydrogens (tertiary/aromatic N) is 2. The first kappa shape index (κ1) is 12.8. The average Bonchev–Trinajstić information content (AvgIpc) is 2.46. The fourth-order valence-corrected chi connectivity index (χ4v) is 2.01. The third-order valence-electron chi connectivity index (χ3n) is 3.11. The maximum Gasteiger partial charge on any atom is 0.272 e. The predicted molar refractivity (Wildman–Crippen MR) is 68.0 cm³/mol. The lowest BCUT2D eigenvalue weighted by molar-refractivity contribution is -0.00310. The van der Waals surface area contributed by atoms with Gasteiger partial charge in [-0.3, -0.25) is 10.6 Å². The summed E-state index contributed by atoms with van der Waals surface area (Å²) in [5, 5.41) is 0. The summed E-state index contributed by atoms with van der Waals surface area (Å²) in [7, 11) is 0. The van der Waals surface area contributed by atoms with Crippen molar-refractivity contribution in [1.82, 2.24) is 9.88 Å². The van der Waals surface area contributed by atoms with Crippen LogP contribution in [0.5, 0.6) is 0 Å². The number of amides is 1. The maximum atomic E-state index is 12.3. The van der Waals surface area contributed by atoms with Gasteiger partial charge in [0.05, 0.1) is 31.1 Å². The Morgan fingerprint density at radius 1 is 1.67 bits per heavy atom. The van der Waals surface area contributed by atoms with Crippen LogP contribution in [0.1, 0.15) is 23.8 Å². The van der Waals surface area contributed by atoms with Crippen LogP contribution in [0.15, 0.2) is 18.3 Å². The van der Waals surface area contributed by atoms with Crippen molar-refractivity contribution in [1.29, 1.82) is 0 Å². The molecule has 2 rings (SSSR count). The highest BCUT2D eigenvalue weighted by Gasteiger charge is 2.27. The zero-order valence-corrected chi connectivity index (χ0v) is 10.4. The van der Waals surface area contributed by atoms with Crippen LogP contribution in [0.3, 0.4) is 0 Å². The highest BCUT2D eigenvalue weighted by atomic mass is 16.5. The van der Waals surface area contributed by atoms with Crippen LogP contribution in [-0.4, -0.2) is 41.6 Å². The number of hydrogen-bond acceptors (Lipinski definition) is 5. The second-order valence-electron chi connectivity index (χ2n) is 4.21. The van der Waals surface area contributed by atoms with E-state index in [4.69, 9.17) is 10.6 Å². The van der Waals surface area contributed by atoms with Gasteiger partial charge in [-0.05, 0) is 18.6 Å². The summed E-state index contributed by atoms with van der Waals surface area (Å²) in [6, 6.07) is 3.56. The molecule has 6 nitrogen and oxygen atoms in total. The summed E-state index contributed by atoms with van der Waals surface area (Å²) < 4.78 is 5.38. The molecule has 1 unspecified atom stereocenters. The molecule has 1 amide bonds. The number of rotatable bonds is 3. The normalized spacial score (nSPS) is 19.7. The minimum Gasteiger partial charge on any atom is -0.377 e. The largest absolute Gasteiger partial charge is 0.377 e. The van der Waals surface area contributed by atoms with Crippen molar-refractivity contribution in [2.45, 2.75) is 19.4 Å². The van der Waals surface area contributed by atoms with Crippen molar-refractivity contribution in [2.24, 2.45) is 5.84 Å². The molecule has 0 aromatic carbocycles. The molecule has 0 spiro atoms. The van der Waals surface area contributed by atoms with E-state index in [2.05, 4.69) is 17.3 Å². The third-order valence-corrected chi connectivity index (χ3v) is 3.11. The lowest BCUT2D eigenvalue weighted by atomic mass is 10.1. The number of nitrogens with one attached hydrogen (secondary N) is 1. The van der Waals surface area contributed by atoms with Gasteiger partial charge in [-0.2, -0.15) is 0 Å². The van der Waals surface area contributed by atoms with Gasteiger partial charge in [-0.1, -0.05) is 6.92 Å². The standard InChI is InChI=1S/C12H18N4O2/c1-2-10-8-18-6-5-16(10)12(17)11-4-3-9(15-13)7-14-11/h3-4,7,10,15H,2,5-6,8,13H2,1H3. The van der Waals surface area contributed by atoms with Crippen molar-refractivity contribution in [3.05, 3.63) is 24.0 Å². The van der Waals surface area contributed by atoms with Gasteiger partial charge >= 0.3 is 0 Å². The molecule has 0 aliphatic carbocycles. The second kappa shape index (κ2) is 5.79. The van der Waals surface area contributed by atoms with E-state index in [1.165, 1.54) is 0 Å². The SMILES string of the molecule is CCC1COCCN1C(=O)c1ccc(NN)cn1. The number of hydrazine groups is 1. The monoisotopic (exact) mass is 250 g/mol. The minimum absolute atomic E-state index is 0.0475. The number of hydrogen-bond donors (Lipinski definition) is 2. The average molecular weight is 250 g/mol. The van der Waals surface area contributed by atoms with Crippen molar-refractivity contribution in [2.75, 3.05) is 25.2 Å². The maximum absolute atomic E-state index is 12.3. The number of aromatic nitrogens is 1. The molecule has 18 heavy (non-hydrogen) atoms. The van der Waals surface area contributed by atoms with E-state index >= 15 is 0 Å². The molecular formula is C12H18N4O2. The molecule has 2 heterocycles. The van der Waals surface area contributed by atoms with Crippen LogP contribution >= 0.6 is 0 Å². The first-order valence-corrected chi connectivity index (χ1v) is 6.07. The number of nitrogens with two attached hydrogens (primary N) is 1. The molecule has 0 bridgehead atoms. The van der Waals surface area contributed by atoms with Gasteiger partial charge in [0.15, 0.2) is 0 Å². The Morgan fingerprint density at radius 2 is 2.50 bits per heavy atom. The van der Waals surface area contributed by atoms with E-state index in [-0.39, 0.29) is 11.9 Å². The van der Waals surface area contributed by atoms with Gasteiger partial charge in [0.2, 0.25) is 0 Å². The smallest absolute Gasteiger partial charge is 0.272 e. The molecule has 1 aliphatic heterocycles. The highest BCUT2D eigenvalue weighted by Crippen LogP contribution is 2.14. The Labute approximate surface area is 106 Å². The molecule has 98 valence electrons. The van der Waals surface area contributed by atoms with Gasteiger partial charge < -0.3 is 15.1 Å². The Kier molecular flexibility index (Phi) is 4.11. The topological polar surface area (TPSA) is 80.5 Å². The number of carbonyl (C=O) groups excluding carboxylic acids is 1. The molecule has 1 atom stereocenters. The highest BCUT2D eigenvalue weighted by molar-refractivity contribution is 5.92. The molecule has 1 saturated heterocycles. The van der Waals surface area contributed by atoms with Gasteiger partial charge in [0.25, 0.3) is 5.91 Å². The quantitative estimate of drug-likeness (QED) is 0.607. The summed E-state index contributed by atoms with van der Waals surface area (Å²) in [5.41, 5.74) is 3.61. The van der Waals surface area contributed by atoms with Crippen LogP contribution in [0.2, 0.25) is 0 Å². The van der Waals surface area contributed by atoms with E-state index in [1.54, 1.807) is 18.3 Å². The van der Waals surface area contributed by atoms with Gasteiger partial charge in [0, 0.05) is 6.54 Å². The summed E-state index contributed by atoms with van der Waals surface area (Å²) in [6.07, 6.45) is 2.43. The van der Waals surface area contributed by atoms with Crippen LogP contribution in [0.25, 0.3) is 0 Å². The van der Waals surface area contributed by atoms with Crippen LogP contribution in [-0.2, 0) is 4.74 Å².